The molecule has 7 heteroatoms. The van der Waals surface area contributed by atoms with Gasteiger partial charge < -0.3 is 24.8 Å². The van der Waals surface area contributed by atoms with E-state index in [1.165, 1.54) is 24.3 Å². The van der Waals surface area contributed by atoms with Crippen LogP contribution in [0.1, 0.15) is 59.0 Å². The normalized spacial score (nSPS) is 15.8. The van der Waals surface area contributed by atoms with E-state index in [0.717, 1.165) is 0 Å². The number of hydrogen-bond donors (Lipinski definition) is 3. The van der Waals surface area contributed by atoms with Crippen LogP contribution < -0.4 is 4.74 Å². The summed E-state index contributed by atoms with van der Waals surface area (Å²) in [6, 6.07) is 5.19. The van der Waals surface area contributed by atoms with Crippen molar-refractivity contribution in [1.29, 1.82) is 0 Å². The smallest absolute Gasteiger partial charge is 0.205 e. The topological polar surface area (TPSA) is 117 Å². The van der Waals surface area contributed by atoms with E-state index in [1.807, 2.05) is 13.8 Å². The van der Waals surface area contributed by atoms with Crippen LogP contribution in [0, 0.1) is 6.92 Å². The van der Waals surface area contributed by atoms with E-state index in [1.54, 1.807) is 13.8 Å². The van der Waals surface area contributed by atoms with Gasteiger partial charge in [-0.1, -0.05) is 13.0 Å². The lowest BCUT2D eigenvalue weighted by Gasteiger charge is -2.28. The second kappa shape index (κ2) is 7.40. The molecular formula is C22H24O7. The van der Waals surface area contributed by atoms with Gasteiger partial charge in [-0.05, 0) is 44.5 Å². The molecule has 1 aliphatic rings. The third-order valence-corrected chi connectivity index (χ3v) is 4.99. The lowest BCUT2D eigenvalue weighted by atomic mass is 9.90. The lowest BCUT2D eigenvalue weighted by molar-refractivity contribution is 0.0707. The van der Waals surface area contributed by atoms with E-state index < -0.39 is 40.0 Å². The summed E-state index contributed by atoms with van der Waals surface area (Å²) in [6.45, 7) is 7.45. The maximum absolute atomic E-state index is 13.2. The number of rotatable bonds is 7. The van der Waals surface area contributed by atoms with Crippen LogP contribution in [-0.4, -0.2) is 45.2 Å². The molecule has 0 saturated carbocycles. The zero-order valence-corrected chi connectivity index (χ0v) is 16.8. The van der Waals surface area contributed by atoms with Gasteiger partial charge in [0.15, 0.2) is 5.78 Å². The Bertz CT molecular complexity index is 967. The number of aryl methyl sites for hydroxylation is 1. The highest BCUT2D eigenvalue weighted by atomic mass is 16.6. The zero-order valence-electron chi connectivity index (χ0n) is 16.8. The van der Waals surface area contributed by atoms with Crippen molar-refractivity contribution >= 4 is 11.6 Å². The average molecular weight is 400 g/mol. The standard InChI is InChI=1S/C22H24O7/c1-5-12(23)19-18(20(27)17-13(24)7-6-8-14(17)25)15(26)9-11(2)21(19)29-22(3,4)16-10-28-16/h6-9,16,24-26H,5,10H2,1-4H3/t16-/m1/s1. The van der Waals surface area contributed by atoms with Gasteiger partial charge in [0.25, 0.3) is 0 Å². The van der Waals surface area contributed by atoms with E-state index >= 15 is 0 Å². The summed E-state index contributed by atoms with van der Waals surface area (Å²) in [5.74, 6) is -2.46. The number of phenolic OH excluding ortho intramolecular Hbond substituents is 3. The van der Waals surface area contributed by atoms with E-state index in [0.29, 0.717) is 12.2 Å². The molecule has 0 unspecified atom stereocenters. The van der Waals surface area contributed by atoms with Crippen molar-refractivity contribution in [2.24, 2.45) is 0 Å². The molecule has 1 fully saturated rings. The fourth-order valence-electron chi connectivity index (χ4n) is 3.25. The van der Waals surface area contributed by atoms with Gasteiger partial charge in [0.1, 0.15) is 40.3 Å². The van der Waals surface area contributed by atoms with Crippen LogP contribution in [0.3, 0.4) is 0 Å². The molecule has 0 amide bonds. The fourth-order valence-corrected chi connectivity index (χ4v) is 3.25. The van der Waals surface area contributed by atoms with Crippen molar-refractivity contribution in [3.63, 3.8) is 0 Å². The third kappa shape index (κ3) is 3.78. The Kier molecular flexibility index (Phi) is 5.28. The Morgan fingerprint density at radius 1 is 1.10 bits per heavy atom. The van der Waals surface area contributed by atoms with E-state index in [2.05, 4.69) is 0 Å². The first-order chi connectivity index (χ1) is 13.6. The van der Waals surface area contributed by atoms with Crippen LogP contribution in [0.15, 0.2) is 24.3 Å². The Balaban J connectivity index is 2.24. The molecule has 7 nitrogen and oxygen atoms in total. The number of hydrogen-bond acceptors (Lipinski definition) is 7. The van der Waals surface area contributed by atoms with Crippen molar-refractivity contribution in [1.82, 2.24) is 0 Å². The van der Waals surface area contributed by atoms with Crippen molar-refractivity contribution < 1.29 is 34.4 Å². The second-order valence-electron chi connectivity index (χ2n) is 7.60. The molecule has 29 heavy (non-hydrogen) atoms. The molecule has 0 bridgehead atoms. The monoisotopic (exact) mass is 400 g/mol. The third-order valence-electron chi connectivity index (χ3n) is 4.99. The van der Waals surface area contributed by atoms with Gasteiger partial charge in [0.05, 0.1) is 17.7 Å². The first kappa shape index (κ1) is 20.7. The van der Waals surface area contributed by atoms with Crippen LogP contribution in [0.5, 0.6) is 23.0 Å². The van der Waals surface area contributed by atoms with Crippen molar-refractivity contribution in [3.8, 4) is 23.0 Å². The molecule has 2 aromatic rings. The number of carbonyl (C=O) groups is 2. The highest BCUT2D eigenvalue weighted by Gasteiger charge is 2.43. The van der Waals surface area contributed by atoms with Gasteiger partial charge in [0.2, 0.25) is 5.78 Å². The summed E-state index contributed by atoms with van der Waals surface area (Å²) >= 11 is 0. The number of epoxide rings is 1. The van der Waals surface area contributed by atoms with E-state index in [9.17, 15) is 24.9 Å². The quantitative estimate of drug-likeness (QED) is 0.481. The van der Waals surface area contributed by atoms with Crippen LogP contribution in [0.25, 0.3) is 0 Å². The summed E-state index contributed by atoms with van der Waals surface area (Å²) in [7, 11) is 0. The fraction of sp³-hybridized carbons (Fsp3) is 0.364. The molecule has 2 aromatic carbocycles. The predicted molar refractivity (Wildman–Crippen MR) is 105 cm³/mol. The molecule has 0 spiro atoms. The molecule has 3 N–H and O–H groups in total. The largest absolute Gasteiger partial charge is 0.507 e. The number of ether oxygens (including phenoxy) is 2. The number of carbonyl (C=O) groups excluding carboxylic acids is 2. The number of Topliss-reactive ketones (excluding diaryl/α,β-unsaturated/α-hetero) is 1. The second-order valence-corrected chi connectivity index (χ2v) is 7.60. The van der Waals surface area contributed by atoms with Gasteiger partial charge >= 0.3 is 0 Å². The van der Waals surface area contributed by atoms with Crippen molar-refractivity contribution in [2.75, 3.05) is 6.61 Å². The van der Waals surface area contributed by atoms with Gasteiger partial charge in [0, 0.05) is 6.42 Å². The maximum Gasteiger partial charge on any atom is 0.205 e. The van der Waals surface area contributed by atoms with Gasteiger partial charge in [-0.2, -0.15) is 0 Å². The summed E-state index contributed by atoms with van der Waals surface area (Å²) in [4.78, 5) is 26.0. The lowest BCUT2D eigenvalue weighted by Crippen LogP contribution is -2.36. The maximum atomic E-state index is 13.2. The molecule has 0 aromatic heterocycles. The van der Waals surface area contributed by atoms with Crippen molar-refractivity contribution in [2.45, 2.75) is 45.8 Å². The highest BCUT2D eigenvalue weighted by molar-refractivity contribution is 6.20. The predicted octanol–water partition coefficient (Wildman–Crippen LogP) is 3.49. The van der Waals surface area contributed by atoms with Crippen LogP contribution >= 0.6 is 0 Å². The Morgan fingerprint density at radius 3 is 2.21 bits per heavy atom. The first-order valence-corrected chi connectivity index (χ1v) is 9.34. The van der Waals surface area contributed by atoms with Crippen LogP contribution in [0.4, 0.5) is 0 Å². The van der Waals surface area contributed by atoms with Gasteiger partial charge in [-0.15, -0.1) is 0 Å². The molecule has 1 aliphatic heterocycles. The van der Waals surface area contributed by atoms with E-state index in [4.69, 9.17) is 9.47 Å². The molecule has 1 atom stereocenters. The van der Waals surface area contributed by atoms with Gasteiger partial charge in [-0.25, -0.2) is 0 Å². The molecule has 3 rings (SSSR count). The SMILES string of the molecule is CCC(=O)c1c(OC(C)(C)[C@H]2CO2)c(C)cc(O)c1C(=O)c1c(O)cccc1O. The number of phenols is 3. The minimum atomic E-state index is -0.875. The Morgan fingerprint density at radius 2 is 1.69 bits per heavy atom. The minimum Gasteiger partial charge on any atom is -0.507 e. The summed E-state index contributed by atoms with van der Waals surface area (Å²) in [5, 5.41) is 30.8. The first-order valence-electron chi connectivity index (χ1n) is 9.34. The summed E-state index contributed by atoms with van der Waals surface area (Å²) < 4.78 is 11.4. The summed E-state index contributed by atoms with van der Waals surface area (Å²) in [6.07, 6.45) is -0.0891. The van der Waals surface area contributed by atoms with Crippen molar-refractivity contribution in [3.05, 3.63) is 46.5 Å². The number of aromatic hydroxyl groups is 3. The minimum absolute atomic E-state index is 0.0621. The molecule has 0 radical (unpaired) electrons. The highest BCUT2D eigenvalue weighted by Crippen LogP contribution is 2.41. The summed E-state index contributed by atoms with van der Waals surface area (Å²) in [5.41, 5.74) is -1.08. The molecule has 1 heterocycles. The zero-order chi connectivity index (χ0) is 21.5. The Labute approximate surface area is 168 Å². The molecule has 0 aliphatic carbocycles. The number of benzene rings is 2. The van der Waals surface area contributed by atoms with Crippen LogP contribution in [-0.2, 0) is 4.74 Å². The van der Waals surface area contributed by atoms with Crippen LogP contribution in [0.2, 0.25) is 0 Å². The Hall–Kier alpha value is -3.06. The number of ketones is 2. The van der Waals surface area contributed by atoms with Gasteiger partial charge in [-0.3, -0.25) is 9.59 Å². The molecule has 1 saturated heterocycles. The molecular weight excluding hydrogens is 376 g/mol. The molecule has 154 valence electrons. The average Bonchev–Trinajstić information content (AvgIpc) is 3.48. The van der Waals surface area contributed by atoms with E-state index in [-0.39, 0.29) is 29.4 Å².